The van der Waals surface area contributed by atoms with Gasteiger partial charge in [-0.2, -0.15) is 11.3 Å². The quantitative estimate of drug-likeness (QED) is 0.594. The fourth-order valence-corrected chi connectivity index (χ4v) is 5.01. The highest BCUT2D eigenvalue weighted by Crippen LogP contribution is 2.40. The van der Waals surface area contributed by atoms with Crippen LogP contribution in [0.5, 0.6) is 0 Å². The first-order valence-electron chi connectivity index (χ1n) is 8.02. The predicted molar refractivity (Wildman–Crippen MR) is 101 cm³/mol. The molecule has 1 fully saturated rings. The van der Waals surface area contributed by atoms with Crippen LogP contribution in [0.4, 0.5) is 0 Å². The highest BCUT2D eigenvalue weighted by Gasteiger charge is 2.30. The van der Waals surface area contributed by atoms with Crippen molar-refractivity contribution in [1.82, 2.24) is 19.7 Å². The molecule has 0 spiro atoms. The number of thiazole rings is 1. The minimum Gasteiger partial charge on any atom is -0.370 e. The van der Waals surface area contributed by atoms with Crippen molar-refractivity contribution < 1.29 is 4.79 Å². The third kappa shape index (κ3) is 3.94. The van der Waals surface area contributed by atoms with Gasteiger partial charge in [0.25, 0.3) is 0 Å². The van der Waals surface area contributed by atoms with Crippen LogP contribution in [0.15, 0.2) is 27.4 Å². The van der Waals surface area contributed by atoms with Crippen molar-refractivity contribution in [3.8, 4) is 10.6 Å². The molecule has 2 N–H and O–H groups in total. The normalized spacial score (nSPS) is 14.1. The van der Waals surface area contributed by atoms with E-state index >= 15 is 0 Å². The van der Waals surface area contributed by atoms with Gasteiger partial charge in [-0.3, -0.25) is 4.79 Å². The van der Waals surface area contributed by atoms with E-state index in [1.54, 1.807) is 34.4 Å². The summed E-state index contributed by atoms with van der Waals surface area (Å²) in [6.07, 6.45) is 2.61. The zero-order valence-corrected chi connectivity index (χ0v) is 15.9. The second kappa shape index (κ2) is 7.27. The second-order valence-corrected chi connectivity index (χ2v) is 8.51. The number of carbonyl (C=O) groups is 1. The number of aromatic nitrogens is 4. The number of hydrogen-bond donors (Lipinski definition) is 1. The number of nitrogens with zero attached hydrogens (tertiary/aromatic N) is 4. The average molecular weight is 392 g/mol. The van der Waals surface area contributed by atoms with E-state index in [0.717, 1.165) is 40.3 Å². The van der Waals surface area contributed by atoms with E-state index in [2.05, 4.69) is 37.0 Å². The lowest BCUT2D eigenvalue weighted by atomic mass is 10.3. The number of carbonyl (C=O) groups excluding carboxylic acids is 1. The van der Waals surface area contributed by atoms with Gasteiger partial charge < -0.3 is 10.3 Å². The molecule has 0 unspecified atom stereocenters. The molecule has 1 aliphatic rings. The van der Waals surface area contributed by atoms with E-state index in [9.17, 15) is 4.79 Å². The van der Waals surface area contributed by atoms with Gasteiger partial charge in [0.15, 0.2) is 5.16 Å². The van der Waals surface area contributed by atoms with Gasteiger partial charge in [0.2, 0.25) is 5.91 Å². The van der Waals surface area contributed by atoms with E-state index < -0.39 is 0 Å². The van der Waals surface area contributed by atoms with Crippen molar-refractivity contribution >= 4 is 40.3 Å². The lowest BCUT2D eigenvalue weighted by molar-refractivity contribution is -0.118. The Morgan fingerprint density at radius 3 is 2.96 bits per heavy atom. The molecule has 6 nitrogen and oxygen atoms in total. The summed E-state index contributed by atoms with van der Waals surface area (Å²) in [6, 6.07) is 2.09. The first-order chi connectivity index (χ1) is 12.2. The van der Waals surface area contributed by atoms with E-state index in [1.807, 2.05) is 0 Å². The molecule has 1 saturated carbocycles. The van der Waals surface area contributed by atoms with E-state index in [4.69, 9.17) is 10.7 Å². The molecule has 25 heavy (non-hydrogen) atoms. The van der Waals surface area contributed by atoms with Gasteiger partial charge in [-0.25, -0.2) is 4.98 Å². The van der Waals surface area contributed by atoms with Crippen LogP contribution in [0.25, 0.3) is 10.6 Å². The predicted octanol–water partition coefficient (Wildman–Crippen LogP) is 3.51. The maximum absolute atomic E-state index is 11.2. The van der Waals surface area contributed by atoms with Crippen LogP contribution >= 0.6 is 34.4 Å². The van der Waals surface area contributed by atoms with Crippen molar-refractivity contribution in [2.45, 2.75) is 42.6 Å². The van der Waals surface area contributed by atoms with Crippen molar-refractivity contribution in [3.63, 3.8) is 0 Å². The molecule has 130 valence electrons. The number of primary amides is 1. The van der Waals surface area contributed by atoms with Crippen molar-refractivity contribution in [3.05, 3.63) is 33.7 Å². The maximum atomic E-state index is 11.2. The van der Waals surface area contributed by atoms with Crippen LogP contribution in [0.3, 0.4) is 0 Å². The zero-order valence-electron chi connectivity index (χ0n) is 13.4. The third-order valence-electron chi connectivity index (χ3n) is 3.94. The van der Waals surface area contributed by atoms with Gasteiger partial charge in [-0.15, -0.1) is 21.5 Å². The van der Waals surface area contributed by atoms with Gasteiger partial charge in [0.1, 0.15) is 10.8 Å². The Kier molecular flexibility index (Phi) is 4.87. The monoisotopic (exact) mass is 391 g/mol. The molecule has 3 aromatic heterocycles. The Morgan fingerprint density at radius 2 is 2.24 bits per heavy atom. The summed E-state index contributed by atoms with van der Waals surface area (Å²) in [5.74, 6) is 1.91. The van der Waals surface area contributed by atoms with Gasteiger partial charge in [-0.1, -0.05) is 11.8 Å². The molecule has 1 amide bonds. The standard InChI is InChI=1S/C16H17N5OS3/c17-13(22)3-5-21-14(10-1-2-10)19-20-16(21)25-9-12-8-24-15(18-12)11-4-6-23-7-11/h4,6-8,10H,1-3,5,9H2,(H2,17,22). The van der Waals surface area contributed by atoms with Gasteiger partial charge in [0.05, 0.1) is 5.69 Å². The highest BCUT2D eigenvalue weighted by atomic mass is 32.2. The van der Waals surface area contributed by atoms with Crippen LogP contribution in [-0.4, -0.2) is 25.7 Å². The molecule has 0 atom stereocenters. The molecule has 0 aromatic carbocycles. The first kappa shape index (κ1) is 16.7. The number of amides is 1. The van der Waals surface area contributed by atoms with Crippen LogP contribution < -0.4 is 5.73 Å². The Labute approximate surface area is 157 Å². The number of thioether (sulfide) groups is 1. The largest absolute Gasteiger partial charge is 0.370 e. The van der Waals surface area contributed by atoms with Crippen molar-refractivity contribution in [2.24, 2.45) is 5.73 Å². The van der Waals surface area contributed by atoms with Gasteiger partial charge in [-0.05, 0) is 24.3 Å². The molecule has 0 aliphatic heterocycles. The van der Waals surface area contributed by atoms with Crippen LogP contribution in [0, 0.1) is 0 Å². The molecule has 0 saturated heterocycles. The summed E-state index contributed by atoms with van der Waals surface area (Å²) in [5.41, 5.74) is 7.52. The second-order valence-electron chi connectivity index (χ2n) is 5.93. The number of hydrogen-bond acceptors (Lipinski definition) is 7. The zero-order chi connectivity index (χ0) is 17.2. The Balaban J connectivity index is 1.46. The summed E-state index contributed by atoms with van der Waals surface area (Å²) >= 11 is 4.95. The number of thiophene rings is 1. The van der Waals surface area contributed by atoms with Gasteiger partial charge in [0, 0.05) is 41.0 Å². The third-order valence-corrected chi connectivity index (χ3v) is 6.56. The first-order valence-corrected chi connectivity index (χ1v) is 10.8. The smallest absolute Gasteiger partial charge is 0.219 e. The Morgan fingerprint density at radius 1 is 1.36 bits per heavy atom. The topological polar surface area (TPSA) is 86.7 Å². The molecule has 3 heterocycles. The highest BCUT2D eigenvalue weighted by molar-refractivity contribution is 7.98. The Hall–Kier alpha value is -1.71. The summed E-state index contributed by atoms with van der Waals surface area (Å²) in [7, 11) is 0. The summed E-state index contributed by atoms with van der Waals surface area (Å²) in [4.78, 5) is 15.8. The fourth-order valence-electron chi connectivity index (χ4n) is 2.51. The summed E-state index contributed by atoms with van der Waals surface area (Å²) in [6.45, 7) is 0.549. The van der Waals surface area contributed by atoms with E-state index in [0.29, 0.717) is 18.9 Å². The lowest BCUT2D eigenvalue weighted by Gasteiger charge is -2.08. The minimum atomic E-state index is -0.300. The van der Waals surface area contributed by atoms with Crippen molar-refractivity contribution in [1.29, 1.82) is 0 Å². The molecule has 1 aliphatic carbocycles. The molecule has 3 aromatic rings. The SMILES string of the molecule is NC(=O)CCn1c(SCc2csc(-c3ccsc3)n2)nnc1C1CC1. The average Bonchev–Trinajstić information content (AvgIpc) is 3.04. The molecular formula is C16H17N5OS3. The van der Waals surface area contributed by atoms with Crippen LogP contribution in [0.2, 0.25) is 0 Å². The number of rotatable bonds is 8. The van der Waals surface area contributed by atoms with E-state index in [-0.39, 0.29) is 5.91 Å². The van der Waals surface area contributed by atoms with Crippen LogP contribution in [0.1, 0.15) is 36.7 Å². The molecular weight excluding hydrogens is 374 g/mol. The molecule has 0 bridgehead atoms. The minimum absolute atomic E-state index is 0.300. The summed E-state index contributed by atoms with van der Waals surface area (Å²) in [5, 5.41) is 16.8. The molecule has 9 heteroatoms. The molecule has 4 rings (SSSR count). The Bertz CT molecular complexity index is 866. The maximum Gasteiger partial charge on any atom is 0.219 e. The van der Waals surface area contributed by atoms with Crippen LogP contribution in [-0.2, 0) is 17.1 Å². The van der Waals surface area contributed by atoms with E-state index in [1.165, 1.54) is 5.56 Å². The fraction of sp³-hybridized carbons (Fsp3) is 0.375. The number of nitrogens with two attached hydrogens (primary N) is 1. The van der Waals surface area contributed by atoms with Crippen molar-refractivity contribution in [2.75, 3.05) is 0 Å². The molecule has 0 radical (unpaired) electrons. The van der Waals surface area contributed by atoms with Gasteiger partial charge >= 0.3 is 0 Å². The summed E-state index contributed by atoms with van der Waals surface area (Å²) < 4.78 is 2.05. The lowest BCUT2D eigenvalue weighted by Crippen LogP contribution is -2.15.